The summed E-state index contributed by atoms with van der Waals surface area (Å²) < 4.78 is 3.05. The van der Waals surface area contributed by atoms with Crippen LogP contribution in [0.4, 0.5) is 5.82 Å². The molecule has 0 N–H and O–H groups in total. The van der Waals surface area contributed by atoms with E-state index >= 15 is 0 Å². The molecule has 4 rings (SSSR count). The number of imidazole rings is 1. The molecule has 0 amide bonds. The van der Waals surface area contributed by atoms with Gasteiger partial charge >= 0.3 is 0 Å². The number of aromatic nitrogens is 2. The van der Waals surface area contributed by atoms with Gasteiger partial charge in [0.2, 0.25) is 0 Å². The summed E-state index contributed by atoms with van der Waals surface area (Å²) in [5, 5.41) is 1.69. The third-order valence-corrected chi connectivity index (χ3v) is 5.46. The van der Waals surface area contributed by atoms with Crippen LogP contribution in [0.25, 0.3) is 16.9 Å². The normalized spacial score (nSPS) is 11.6. The molecule has 4 aromatic rings. The van der Waals surface area contributed by atoms with E-state index in [2.05, 4.69) is 22.6 Å². The van der Waals surface area contributed by atoms with Gasteiger partial charge in [0.1, 0.15) is 11.3 Å². The summed E-state index contributed by atoms with van der Waals surface area (Å²) in [6, 6.07) is 17.0. The predicted octanol–water partition coefficient (Wildman–Crippen LogP) is 7.32. The highest BCUT2D eigenvalue weighted by Crippen LogP contribution is 2.37. The van der Waals surface area contributed by atoms with Gasteiger partial charge in [-0.2, -0.15) is 0 Å². The van der Waals surface area contributed by atoms with Gasteiger partial charge in [-0.3, -0.25) is 4.40 Å². The van der Waals surface area contributed by atoms with Crippen molar-refractivity contribution >= 4 is 75.1 Å². The SMILES string of the molecule is Clc1ccc(-c2nc3cc(Cl)ccn3c2N=Cc2ccc(I)cc2)c(Cl)c1. The first-order valence-corrected chi connectivity index (χ1v) is 10.2. The second kappa shape index (κ2) is 7.80. The molecule has 3 nitrogen and oxygen atoms in total. The number of fused-ring (bicyclic) bond motifs is 1. The van der Waals surface area contributed by atoms with E-state index in [0.29, 0.717) is 32.2 Å². The highest BCUT2D eigenvalue weighted by atomic mass is 127. The molecule has 0 aliphatic heterocycles. The molecule has 2 aromatic carbocycles. The van der Waals surface area contributed by atoms with Crippen molar-refractivity contribution in [1.29, 1.82) is 0 Å². The number of rotatable bonds is 3. The van der Waals surface area contributed by atoms with E-state index in [0.717, 1.165) is 11.1 Å². The Morgan fingerprint density at radius 2 is 1.67 bits per heavy atom. The summed E-state index contributed by atoms with van der Waals surface area (Å²) in [6.45, 7) is 0. The molecule has 0 saturated heterocycles. The van der Waals surface area contributed by atoms with E-state index < -0.39 is 0 Å². The Morgan fingerprint density at radius 3 is 2.41 bits per heavy atom. The number of hydrogen-bond acceptors (Lipinski definition) is 2. The first kappa shape index (κ1) is 18.7. The topological polar surface area (TPSA) is 29.7 Å². The van der Waals surface area contributed by atoms with Gasteiger partial charge in [-0.05, 0) is 64.6 Å². The zero-order valence-electron chi connectivity index (χ0n) is 13.7. The van der Waals surface area contributed by atoms with Crippen LogP contribution in [0.5, 0.6) is 0 Å². The van der Waals surface area contributed by atoms with Crippen LogP contribution in [0.15, 0.2) is 65.8 Å². The van der Waals surface area contributed by atoms with Crippen LogP contribution >= 0.6 is 57.4 Å². The standard InChI is InChI=1S/C20H11Cl3IN3/c21-13-3-6-16(17(23)9-13)19-20(25-11-12-1-4-15(24)5-2-12)27-8-7-14(22)10-18(27)26-19/h1-11H. The maximum atomic E-state index is 6.42. The fraction of sp³-hybridized carbons (Fsp3) is 0. The van der Waals surface area contributed by atoms with Crippen molar-refractivity contribution < 1.29 is 0 Å². The van der Waals surface area contributed by atoms with E-state index in [4.69, 9.17) is 44.8 Å². The van der Waals surface area contributed by atoms with Crippen LogP contribution < -0.4 is 0 Å². The van der Waals surface area contributed by atoms with Crippen molar-refractivity contribution in [2.24, 2.45) is 4.99 Å². The van der Waals surface area contributed by atoms with E-state index in [1.54, 1.807) is 24.3 Å². The Bertz CT molecular complexity index is 1170. The number of halogens is 4. The Morgan fingerprint density at radius 1 is 0.926 bits per heavy atom. The van der Waals surface area contributed by atoms with Crippen molar-refractivity contribution in [1.82, 2.24) is 9.38 Å². The number of aliphatic imine (C=N–C) groups is 1. The van der Waals surface area contributed by atoms with Gasteiger partial charge in [-0.25, -0.2) is 9.98 Å². The van der Waals surface area contributed by atoms with Crippen molar-refractivity contribution in [3.8, 4) is 11.3 Å². The lowest BCUT2D eigenvalue weighted by atomic mass is 10.1. The highest BCUT2D eigenvalue weighted by molar-refractivity contribution is 14.1. The number of nitrogens with zero attached hydrogens (tertiary/aromatic N) is 3. The minimum Gasteiger partial charge on any atom is -0.284 e. The van der Waals surface area contributed by atoms with Gasteiger partial charge in [-0.1, -0.05) is 46.9 Å². The molecule has 2 heterocycles. The van der Waals surface area contributed by atoms with Gasteiger partial charge in [-0.15, -0.1) is 0 Å². The molecule has 2 aromatic heterocycles. The van der Waals surface area contributed by atoms with Gasteiger partial charge in [0.15, 0.2) is 5.82 Å². The average Bonchev–Trinajstić information content (AvgIpc) is 2.98. The van der Waals surface area contributed by atoms with E-state index in [9.17, 15) is 0 Å². The van der Waals surface area contributed by atoms with Gasteiger partial charge in [0.25, 0.3) is 0 Å². The first-order chi connectivity index (χ1) is 13.0. The summed E-state index contributed by atoms with van der Waals surface area (Å²) in [5.74, 6) is 0.671. The number of pyridine rings is 1. The summed E-state index contributed by atoms with van der Waals surface area (Å²) in [5.41, 5.74) is 3.11. The lowest BCUT2D eigenvalue weighted by molar-refractivity contribution is 1.17. The summed E-state index contributed by atoms with van der Waals surface area (Å²) in [6.07, 6.45) is 3.65. The Balaban J connectivity index is 1.90. The quantitative estimate of drug-likeness (QED) is 0.203. The summed E-state index contributed by atoms with van der Waals surface area (Å²) in [4.78, 5) is 9.40. The van der Waals surface area contributed by atoms with Crippen molar-refractivity contribution in [3.63, 3.8) is 0 Å². The lowest BCUT2D eigenvalue weighted by Gasteiger charge is -2.04. The maximum Gasteiger partial charge on any atom is 0.165 e. The molecule has 0 unspecified atom stereocenters. The second-order valence-electron chi connectivity index (χ2n) is 5.79. The molecule has 0 aliphatic rings. The van der Waals surface area contributed by atoms with Gasteiger partial charge < -0.3 is 0 Å². The Labute approximate surface area is 184 Å². The molecule has 0 saturated carbocycles. The lowest BCUT2D eigenvalue weighted by Crippen LogP contribution is -1.86. The van der Waals surface area contributed by atoms with Crippen LogP contribution in [0.3, 0.4) is 0 Å². The molecule has 0 radical (unpaired) electrons. The third kappa shape index (κ3) is 3.99. The number of hydrogen-bond donors (Lipinski definition) is 0. The molecule has 0 spiro atoms. The van der Waals surface area contributed by atoms with Crippen LogP contribution in [0, 0.1) is 3.57 Å². The molecule has 27 heavy (non-hydrogen) atoms. The minimum atomic E-state index is 0.516. The second-order valence-corrected chi connectivity index (χ2v) is 8.32. The van der Waals surface area contributed by atoms with Crippen LogP contribution in [-0.4, -0.2) is 15.6 Å². The third-order valence-electron chi connectivity index (χ3n) is 3.96. The monoisotopic (exact) mass is 525 g/mol. The smallest absolute Gasteiger partial charge is 0.165 e. The predicted molar refractivity (Wildman–Crippen MR) is 122 cm³/mol. The van der Waals surface area contributed by atoms with Gasteiger partial charge in [0, 0.05) is 37.7 Å². The van der Waals surface area contributed by atoms with Crippen LogP contribution in [-0.2, 0) is 0 Å². The summed E-state index contributed by atoms with van der Waals surface area (Å²) >= 11 is 20.9. The molecule has 7 heteroatoms. The van der Waals surface area contributed by atoms with E-state index in [1.165, 1.54) is 3.57 Å². The number of benzene rings is 2. The molecule has 0 bridgehead atoms. The van der Waals surface area contributed by atoms with Crippen molar-refractivity contribution in [2.45, 2.75) is 0 Å². The fourth-order valence-electron chi connectivity index (χ4n) is 2.68. The summed E-state index contributed by atoms with van der Waals surface area (Å²) in [7, 11) is 0. The largest absolute Gasteiger partial charge is 0.284 e. The van der Waals surface area contributed by atoms with Crippen molar-refractivity contribution in [3.05, 3.63) is 85.0 Å². The molecule has 134 valence electrons. The van der Waals surface area contributed by atoms with Crippen LogP contribution in [0.2, 0.25) is 15.1 Å². The Kier molecular flexibility index (Phi) is 5.41. The molecule has 0 fully saturated rings. The molecular weight excluding hydrogens is 516 g/mol. The van der Waals surface area contributed by atoms with Crippen LogP contribution in [0.1, 0.15) is 5.56 Å². The Hall–Kier alpha value is -1.60. The maximum absolute atomic E-state index is 6.42. The van der Waals surface area contributed by atoms with Gasteiger partial charge in [0.05, 0.1) is 5.02 Å². The molecule has 0 aliphatic carbocycles. The zero-order chi connectivity index (χ0) is 19.0. The zero-order valence-corrected chi connectivity index (χ0v) is 18.1. The molecular formula is C20H11Cl3IN3. The highest BCUT2D eigenvalue weighted by Gasteiger charge is 2.16. The minimum absolute atomic E-state index is 0.516. The van der Waals surface area contributed by atoms with Crippen molar-refractivity contribution in [2.75, 3.05) is 0 Å². The fourth-order valence-corrected chi connectivity index (χ4v) is 3.69. The average molecular weight is 527 g/mol. The van der Waals surface area contributed by atoms with E-state index in [-0.39, 0.29) is 0 Å². The van der Waals surface area contributed by atoms with E-state index in [1.807, 2.05) is 47.1 Å². The molecule has 0 atom stereocenters. The first-order valence-electron chi connectivity index (χ1n) is 7.94.